The molecule has 0 saturated carbocycles. The summed E-state index contributed by atoms with van der Waals surface area (Å²) in [5, 5.41) is 49.1. The highest BCUT2D eigenvalue weighted by atomic mass is 35.5. The minimum absolute atomic E-state index is 0.00206. The second kappa shape index (κ2) is 25.3. The molecule has 18 atom stereocenters. The Kier molecular flexibility index (Phi) is 21.5. The van der Waals surface area contributed by atoms with Crippen LogP contribution in [0.1, 0.15) is 107 Å². The van der Waals surface area contributed by atoms with E-state index in [1.54, 1.807) is 66.7 Å². The van der Waals surface area contributed by atoms with Crippen molar-refractivity contribution in [3.05, 3.63) is 34.9 Å². The van der Waals surface area contributed by atoms with Gasteiger partial charge in [-0.2, -0.15) is 0 Å². The summed E-state index contributed by atoms with van der Waals surface area (Å²) in [6.45, 7) is 16.6. The van der Waals surface area contributed by atoms with Crippen molar-refractivity contribution in [1.29, 1.82) is 0 Å². The number of esters is 1. The van der Waals surface area contributed by atoms with Crippen LogP contribution in [0.25, 0.3) is 0 Å². The predicted molar refractivity (Wildman–Crippen MR) is 257 cm³/mol. The Balaban J connectivity index is 1.64. The number of hydroxylamine groups is 2. The molecule has 0 bridgehead atoms. The number of ether oxygens (including phenoxy) is 8. The van der Waals surface area contributed by atoms with Gasteiger partial charge in [-0.15, -0.1) is 0 Å². The highest BCUT2D eigenvalue weighted by Gasteiger charge is 2.55. The molecule has 1 aromatic carbocycles. The number of aliphatic hydroxyl groups excluding tert-OH is 2. The molecular formula is C50H82ClN3O16. The maximum atomic E-state index is 14.5. The average molecular weight is 1020 g/mol. The third-order valence-electron chi connectivity index (χ3n) is 14.9. The number of alkyl carbamates (subject to hydrolysis) is 1. The summed E-state index contributed by atoms with van der Waals surface area (Å²) in [5.41, 5.74) is -3.85. The molecule has 2 amide bonds. The van der Waals surface area contributed by atoms with Crippen LogP contribution >= 0.6 is 11.6 Å². The van der Waals surface area contributed by atoms with Crippen LogP contribution in [0.4, 0.5) is 4.79 Å². The summed E-state index contributed by atoms with van der Waals surface area (Å²) >= 11 is 6.20. The maximum absolute atomic E-state index is 14.5. The zero-order valence-electron chi connectivity index (χ0n) is 43.6. The van der Waals surface area contributed by atoms with E-state index in [0.29, 0.717) is 22.9 Å². The first-order valence-corrected chi connectivity index (χ1v) is 24.9. The summed E-state index contributed by atoms with van der Waals surface area (Å²) in [7, 11) is 6.64. The van der Waals surface area contributed by atoms with Crippen LogP contribution in [0.15, 0.2) is 24.3 Å². The second-order valence-corrected chi connectivity index (χ2v) is 21.0. The van der Waals surface area contributed by atoms with Gasteiger partial charge in [-0.05, 0) is 93.0 Å². The van der Waals surface area contributed by atoms with E-state index in [9.17, 15) is 39.7 Å². The van der Waals surface area contributed by atoms with Crippen molar-refractivity contribution in [3.63, 3.8) is 0 Å². The van der Waals surface area contributed by atoms with Gasteiger partial charge in [0.15, 0.2) is 18.7 Å². The number of methoxy groups -OCH3 is 2. The molecule has 19 nitrogen and oxygen atoms in total. The van der Waals surface area contributed by atoms with Crippen LogP contribution in [0.3, 0.4) is 0 Å². The van der Waals surface area contributed by atoms with E-state index in [0.717, 1.165) is 5.56 Å². The van der Waals surface area contributed by atoms with Gasteiger partial charge in [-0.1, -0.05) is 57.5 Å². The zero-order valence-corrected chi connectivity index (χ0v) is 44.3. The minimum Gasteiger partial charge on any atom is -0.459 e. The molecule has 400 valence electrons. The zero-order chi connectivity index (χ0) is 52.6. The van der Waals surface area contributed by atoms with Crippen LogP contribution in [-0.4, -0.2) is 180 Å². The van der Waals surface area contributed by atoms with Gasteiger partial charge in [0.1, 0.15) is 29.2 Å². The molecule has 3 aliphatic rings. The van der Waals surface area contributed by atoms with Crippen LogP contribution < -0.4 is 5.32 Å². The molecule has 3 saturated heterocycles. The van der Waals surface area contributed by atoms with Crippen molar-refractivity contribution < 1.29 is 77.6 Å². The lowest BCUT2D eigenvalue weighted by atomic mass is 9.74. The quantitative estimate of drug-likeness (QED) is 0.0911. The summed E-state index contributed by atoms with van der Waals surface area (Å²) < 4.78 is 50.7. The van der Waals surface area contributed by atoms with Crippen molar-refractivity contribution in [2.75, 3.05) is 41.4 Å². The Morgan fingerprint density at radius 1 is 0.914 bits per heavy atom. The van der Waals surface area contributed by atoms with Crippen LogP contribution in [0.2, 0.25) is 5.02 Å². The van der Waals surface area contributed by atoms with Crippen molar-refractivity contribution in [3.8, 4) is 0 Å². The number of carbonyl (C=O) groups is 4. The molecule has 0 spiro atoms. The van der Waals surface area contributed by atoms with Crippen molar-refractivity contribution in [1.82, 2.24) is 15.3 Å². The molecule has 3 fully saturated rings. The number of hydrogen-bond acceptors (Lipinski definition) is 17. The van der Waals surface area contributed by atoms with Gasteiger partial charge in [-0.3, -0.25) is 19.6 Å². The van der Waals surface area contributed by atoms with E-state index in [4.69, 9.17) is 49.5 Å². The van der Waals surface area contributed by atoms with Crippen LogP contribution in [0, 0.1) is 23.7 Å². The van der Waals surface area contributed by atoms with E-state index in [1.807, 2.05) is 32.0 Å². The fraction of sp³-hybridized carbons (Fsp3) is 0.800. The fourth-order valence-corrected chi connectivity index (χ4v) is 10.6. The highest BCUT2D eigenvalue weighted by Crippen LogP contribution is 2.42. The number of likely N-dealkylation sites (N-methyl/N-ethyl adjacent to an activating group) is 1. The first kappa shape index (κ1) is 59.5. The summed E-state index contributed by atoms with van der Waals surface area (Å²) in [4.78, 5) is 56.5. The Hall–Kier alpha value is -3.05. The third-order valence-corrected chi connectivity index (χ3v) is 15.3. The van der Waals surface area contributed by atoms with Gasteiger partial charge in [0, 0.05) is 62.4 Å². The number of cyclic esters (lactones) is 1. The molecule has 1 aromatic rings. The van der Waals surface area contributed by atoms with Gasteiger partial charge in [0.25, 0.3) is 0 Å². The first-order chi connectivity index (χ1) is 32.7. The normalized spacial score (nSPS) is 39.2. The Labute approximate surface area is 419 Å². The largest absolute Gasteiger partial charge is 0.459 e. The first-order valence-electron chi connectivity index (χ1n) is 24.5. The number of nitrogens with zero attached hydrogens (tertiary/aromatic N) is 2. The van der Waals surface area contributed by atoms with Gasteiger partial charge < -0.3 is 63.4 Å². The Bertz CT molecular complexity index is 1900. The van der Waals surface area contributed by atoms with E-state index >= 15 is 0 Å². The monoisotopic (exact) mass is 1020 g/mol. The molecule has 4 rings (SSSR count). The number of hydrogen-bond donors (Lipinski definition) is 5. The van der Waals surface area contributed by atoms with Gasteiger partial charge in [-0.25, -0.2) is 9.86 Å². The van der Waals surface area contributed by atoms with Gasteiger partial charge >= 0.3 is 12.1 Å². The number of nitrogens with one attached hydrogen (secondary N) is 1. The molecule has 70 heavy (non-hydrogen) atoms. The molecule has 0 radical (unpaired) electrons. The predicted octanol–water partition coefficient (Wildman–Crippen LogP) is 4.68. The summed E-state index contributed by atoms with van der Waals surface area (Å²) in [5.74, 6) is -5.54. The molecule has 0 aliphatic carbocycles. The lowest BCUT2D eigenvalue weighted by molar-refractivity contribution is -0.319. The van der Waals surface area contributed by atoms with Crippen molar-refractivity contribution in [2.24, 2.45) is 23.7 Å². The van der Waals surface area contributed by atoms with E-state index in [-0.39, 0.29) is 56.7 Å². The molecule has 0 unspecified atom stereocenters. The third kappa shape index (κ3) is 14.2. The molecule has 20 heteroatoms. The van der Waals surface area contributed by atoms with Crippen molar-refractivity contribution in [2.45, 2.75) is 192 Å². The number of rotatable bonds is 15. The lowest BCUT2D eigenvalue weighted by Crippen LogP contribution is -2.62. The SMILES string of the molecule is CC[C@H]1OC(=O)[C@H](C)[C@@H](O[C@H]2C[C@@](C)(OC)[C@@H](OC(=O)NCCC(=O)N(O)CCc3ccccc3Cl)[C@H](C)O2)[C@H](C)[C@@H](O[C@@H]2O[C@H](C)C[C@H](N(C)C)[C@H]2O)[C@@](C)(OC)C[C@@H](C)C(=O)[C@H](C)[C@@H](O)[C@]1(C)O. The Morgan fingerprint density at radius 3 is 2.14 bits per heavy atom. The van der Waals surface area contributed by atoms with Gasteiger partial charge in [0.05, 0.1) is 48.6 Å². The summed E-state index contributed by atoms with van der Waals surface area (Å²) in [6, 6.07) is 6.77. The number of ketones is 1. The number of aliphatic hydroxyl groups is 3. The van der Waals surface area contributed by atoms with Crippen LogP contribution in [-0.2, 0) is 58.7 Å². The second-order valence-electron chi connectivity index (χ2n) is 20.5. The van der Waals surface area contributed by atoms with E-state index < -0.39 is 114 Å². The van der Waals surface area contributed by atoms with Crippen molar-refractivity contribution >= 4 is 35.4 Å². The maximum Gasteiger partial charge on any atom is 0.407 e. The van der Waals surface area contributed by atoms with Crippen LogP contribution in [0.5, 0.6) is 0 Å². The van der Waals surface area contributed by atoms with Gasteiger partial charge in [0.2, 0.25) is 5.91 Å². The number of benzene rings is 1. The number of halogens is 1. The number of Topliss-reactive ketones (excluding diaryl/α,β-unsaturated/α-hetero) is 1. The Morgan fingerprint density at radius 2 is 1.54 bits per heavy atom. The standard InChI is InChI=1S/C50H82ClN3O16/c1-15-36-50(10,61)42(58)29(4)39(56)27(2)25-48(8,63-13)43(69-46-40(57)35(53(11)12)24-28(3)65-46)30(5)41(31(6)45(59)67-36)68-38-26-49(9,64-14)44(32(7)66-38)70-47(60)52-22-20-37(55)54(62)23-21-33-18-16-17-19-34(33)51/h16-19,27-32,35-36,38,40-44,46,57-58,61-62H,15,20-26H2,1-14H3,(H,52,60)/t27-,28-,29+,30+,31-,32+,35+,36-,38+,40-,41+,42-,43-,44+,46+,48+,49-,50-/m1/s1. The fourth-order valence-electron chi connectivity index (χ4n) is 10.4. The smallest absolute Gasteiger partial charge is 0.407 e. The molecule has 3 aliphatic heterocycles. The number of amides is 2. The average Bonchev–Trinajstić information content (AvgIpc) is 3.31. The highest BCUT2D eigenvalue weighted by molar-refractivity contribution is 6.31. The number of carbonyl (C=O) groups excluding carboxylic acids is 4. The minimum atomic E-state index is -2.04. The van der Waals surface area contributed by atoms with E-state index in [2.05, 4.69) is 5.32 Å². The molecular weight excluding hydrogens is 934 g/mol. The lowest BCUT2D eigenvalue weighted by Gasteiger charge is -2.50. The molecule has 5 N–H and O–H groups in total. The van der Waals surface area contributed by atoms with E-state index in [1.165, 1.54) is 28.1 Å². The molecule has 3 heterocycles. The topological polar surface area (TPSA) is 242 Å². The molecule has 0 aromatic heterocycles. The summed E-state index contributed by atoms with van der Waals surface area (Å²) in [6.07, 6.45) is -10.8.